The lowest BCUT2D eigenvalue weighted by molar-refractivity contribution is -0.159. The summed E-state index contributed by atoms with van der Waals surface area (Å²) in [6.45, 7) is 0. The highest BCUT2D eigenvalue weighted by molar-refractivity contribution is 6.01. The van der Waals surface area contributed by atoms with Crippen molar-refractivity contribution in [3.8, 4) is 0 Å². The van der Waals surface area contributed by atoms with Crippen LogP contribution < -0.4 is 10.6 Å². The number of likely N-dealkylation sites (N-methyl/N-ethyl adjacent to an activating group) is 2. The summed E-state index contributed by atoms with van der Waals surface area (Å²) in [4.78, 5) is 65.9. The van der Waals surface area contributed by atoms with E-state index in [9.17, 15) is 19.2 Å². The zero-order chi connectivity index (χ0) is 35.5. The fourth-order valence-corrected chi connectivity index (χ4v) is 10.9. The van der Waals surface area contributed by atoms with Crippen molar-refractivity contribution in [1.82, 2.24) is 19.6 Å². The molecule has 6 aliphatic rings. The largest absolute Gasteiger partial charge is 0.364 e. The monoisotopic (exact) mass is 692 g/mol. The van der Waals surface area contributed by atoms with Crippen LogP contribution in [0.4, 0.5) is 11.4 Å². The van der Waals surface area contributed by atoms with E-state index in [-0.39, 0.29) is 23.6 Å². The summed E-state index contributed by atoms with van der Waals surface area (Å²) < 4.78 is 0. The molecule has 0 aromatic heterocycles. The average Bonchev–Trinajstić information content (AvgIpc) is 3.88. The summed E-state index contributed by atoms with van der Waals surface area (Å²) in [6, 6.07) is 33.2. The number of nitrogens with zero attached hydrogens (tertiary/aromatic N) is 4. The topological polar surface area (TPSA) is 105 Å². The molecule has 4 aromatic carbocycles. The second-order valence-corrected chi connectivity index (χ2v) is 15.4. The maximum atomic E-state index is 14.9. The number of amides is 4. The van der Waals surface area contributed by atoms with Crippen molar-refractivity contribution in [3.63, 3.8) is 0 Å². The Kier molecular flexibility index (Phi) is 6.54. The number of rotatable bonds is 5. The van der Waals surface area contributed by atoms with Gasteiger partial charge in [0.2, 0.25) is 23.6 Å². The van der Waals surface area contributed by atoms with Crippen molar-refractivity contribution in [1.29, 1.82) is 0 Å². The number of para-hydroxylation sites is 2. The Morgan fingerprint density at radius 3 is 1.29 bits per heavy atom. The summed E-state index contributed by atoms with van der Waals surface area (Å²) in [5.41, 5.74) is 4.07. The molecular weight excluding hydrogens is 652 g/mol. The summed E-state index contributed by atoms with van der Waals surface area (Å²) in [7, 11) is 3.49. The Morgan fingerprint density at radius 1 is 0.519 bits per heavy atom. The number of hydrogen-bond acceptors (Lipinski definition) is 6. The van der Waals surface area contributed by atoms with Gasteiger partial charge in [-0.15, -0.1) is 0 Å². The van der Waals surface area contributed by atoms with Crippen LogP contribution in [0.5, 0.6) is 0 Å². The van der Waals surface area contributed by atoms with Gasteiger partial charge in [0.15, 0.2) is 0 Å². The molecule has 10 rings (SSSR count). The predicted octanol–water partition coefficient (Wildman–Crippen LogP) is 3.73. The van der Waals surface area contributed by atoms with Crippen LogP contribution in [0.2, 0.25) is 0 Å². The molecule has 0 spiro atoms. The standard InChI is InChI=1S/C42H40N6O4/c1-45-31(21-25-13-5-3-6-14-25)37(51)47-33(35(45)49)23-41(27-17-9-11-19-29(27)43-39(41)47)42-24-34-36(50)46(2)32(22-26-15-7-4-8-16-26)38(52)48(34)40(42)44-30-20-12-10-18-28(30)42/h3-20,31-34,39-40,43-44H,21-24H2,1-2H3/t31-,32-,33-,34-,39-,40-,41+,42?/m0/s1. The zero-order valence-corrected chi connectivity index (χ0v) is 29.1. The third-order valence-electron chi connectivity index (χ3n) is 13.2. The van der Waals surface area contributed by atoms with Crippen molar-refractivity contribution in [2.45, 2.75) is 73.0 Å². The third kappa shape index (κ3) is 3.84. The molecule has 8 atom stereocenters. The SMILES string of the molecule is CN1C(=O)[C@@H]2CC3([C@@]45C[C@H]6C(=O)N(C)[C@@H](Cc7ccccc7)C(=O)N6[C@@H]4Nc4ccccc45)c4ccccc4N[C@H]3N2C(=O)[C@@H]1Cc1ccccc1. The minimum Gasteiger partial charge on any atom is -0.364 e. The number of anilines is 2. The molecule has 10 nitrogen and oxygen atoms in total. The minimum atomic E-state index is -0.863. The van der Waals surface area contributed by atoms with Crippen molar-refractivity contribution in [2.75, 3.05) is 24.7 Å². The van der Waals surface area contributed by atoms with Gasteiger partial charge in [0, 0.05) is 38.3 Å². The van der Waals surface area contributed by atoms with E-state index in [2.05, 4.69) is 22.8 Å². The van der Waals surface area contributed by atoms with Gasteiger partial charge >= 0.3 is 0 Å². The van der Waals surface area contributed by atoms with Crippen molar-refractivity contribution >= 4 is 35.0 Å². The molecule has 4 amide bonds. The summed E-state index contributed by atoms with van der Waals surface area (Å²) in [6.07, 6.45) is 0.352. The van der Waals surface area contributed by atoms with Crippen LogP contribution in [0.25, 0.3) is 0 Å². The Bertz CT molecular complexity index is 2010. The highest BCUT2D eigenvalue weighted by Gasteiger charge is 2.78. The fraction of sp³-hybridized carbons (Fsp3) is 0.333. The first-order valence-electron chi connectivity index (χ1n) is 18.2. The Hall–Kier alpha value is -5.64. The van der Waals surface area contributed by atoms with Gasteiger partial charge in [0.25, 0.3) is 0 Å². The Labute approximate surface area is 302 Å². The van der Waals surface area contributed by atoms with E-state index in [1.165, 1.54) is 0 Å². The van der Waals surface area contributed by atoms with Crippen LogP contribution >= 0.6 is 0 Å². The van der Waals surface area contributed by atoms with Gasteiger partial charge < -0.3 is 30.2 Å². The van der Waals surface area contributed by atoms with Crippen LogP contribution in [0, 0.1) is 0 Å². The molecule has 6 heterocycles. The van der Waals surface area contributed by atoms with Crippen molar-refractivity contribution in [3.05, 3.63) is 131 Å². The lowest BCUT2D eigenvalue weighted by Crippen LogP contribution is -2.67. The lowest BCUT2D eigenvalue weighted by atomic mass is 9.54. The second kappa shape index (κ2) is 10.9. The normalized spacial score (nSPS) is 32.5. The number of hydrogen-bond donors (Lipinski definition) is 2. The van der Waals surface area contributed by atoms with Gasteiger partial charge in [-0.3, -0.25) is 19.2 Å². The number of carbonyl (C=O) groups excluding carboxylic acids is 4. The molecule has 4 aromatic rings. The maximum Gasteiger partial charge on any atom is 0.248 e. The molecule has 0 aliphatic carbocycles. The Balaban J connectivity index is 1.14. The smallest absolute Gasteiger partial charge is 0.248 e. The summed E-state index contributed by atoms with van der Waals surface area (Å²) in [5, 5.41) is 7.53. The molecule has 0 radical (unpaired) electrons. The van der Waals surface area contributed by atoms with E-state index in [0.717, 1.165) is 33.6 Å². The minimum absolute atomic E-state index is 0.0914. The summed E-state index contributed by atoms with van der Waals surface area (Å²) in [5.74, 6) is -0.376. The van der Waals surface area contributed by atoms with E-state index in [1.54, 1.807) is 23.9 Å². The zero-order valence-electron chi connectivity index (χ0n) is 29.1. The molecule has 6 aliphatic heterocycles. The number of piperazine rings is 2. The van der Waals surface area contributed by atoms with Gasteiger partial charge in [0.1, 0.15) is 36.5 Å². The molecule has 4 fully saturated rings. The van der Waals surface area contributed by atoms with Crippen molar-refractivity contribution < 1.29 is 19.2 Å². The van der Waals surface area contributed by atoms with Crippen LogP contribution in [0.1, 0.15) is 35.1 Å². The van der Waals surface area contributed by atoms with Gasteiger partial charge in [-0.25, -0.2) is 0 Å². The van der Waals surface area contributed by atoms with Crippen LogP contribution in [-0.2, 0) is 42.8 Å². The van der Waals surface area contributed by atoms with E-state index < -0.39 is 47.3 Å². The highest BCUT2D eigenvalue weighted by Crippen LogP contribution is 2.69. The number of carbonyl (C=O) groups is 4. The molecule has 262 valence electrons. The van der Waals surface area contributed by atoms with E-state index in [0.29, 0.717) is 25.7 Å². The molecule has 52 heavy (non-hydrogen) atoms. The Morgan fingerprint density at radius 2 is 0.885 bits per heavy atom. The number of fused-ring (bicyclic) bond motifs is 11. The number of benzene rings is 4. The van der Waals surface area contributed by atoms with Crippen molar-refractivity contribution in [2.24, 2.45) is 0 Å². The molecule has 10 heteroatoms. The average molecular weight is 693 g/mol. The van der Waals surface area contributed by atoms with E-state index >= 15 is 0 Å². The van der Waals surface area contributed by atoms with Crippen LogP contribution in [-0.4, -0.2) is 93.8 Å². The quantitative estimate of drug-likeness (QED) is 0.331. The van der Waals surface area contributed by atoms with Gasteiger partial charge in [-0.05, 0) is 47.2 Å². The fourth-order valence-electron chi connectivity index (χ4n) is 10.9. The first kappa shape index (κ1) is 31.1. The van der Waals surface area contributed by atoms with Gasteiger partial charge in [0.05, 0.1) is 10.8 Å². The first-order valence-corrected chi connectivity index (χ1v) is 18.2. The first-order chi connectivity index (χ1) is 25.3. The highest BCUT2D eigenvalue weighted by atomic mass is 16.2. The second-order valence-electron chi connectivity index (χ2n) is 15.4. The molecule has 0 bridgehead atoms. The molecular formula is C42H40N6O4. The van der Waals surface area contributed by atoms with Gasteiger partial charge in [-0.1, -0.05) is 97.1 Å². The molecule has 4 saturated heterocycles. The van der Waals surface area contributed by atoms with Crippen LogP contribution in [0.15, 0.2) is 109 Å². The van der Waals surface area contributed by atoms with E-state index in [4.69, 9.17) is 0 Å². The predicted molar refractivity (Wildman–Crippen MR) is 195 cm³/mol. The third-order valence-corrected chi connectivity index (χ3v) is 13.2. The maximum absolute atomic E-state index is 14.9. The van der Waals surface area contributed by atoms with Crippen LogP contribution in [0.3, 0.4) is 0 Å². The molecule has 1 unspecified atom stereocenters. The number of nitrogens with one attached hydrogen (secondary N) is 2. The van der Waals surface area contributed by atoms with E-state index in [1.807, 2.05) is 107 Å². The lowest BCUT2D eigenvalue weighted by Gasteiger charge is -2.48. The molecule has 2 N–H and O–H groups in total. The summed E-state index contributed by atoms with van der Waals surface area (Å²) >= 11 is 0. The molecule has 0 saturated carbocycles. The van der Waals surface area contributed by atoms with Gasteiger partial charge in [-0.2, -0.15) is 0 Å².